The van der Waals surface area contributed by atoms with Crippen molar-refractivity contribution in [3.8, 4) is 0 Å². The van der Waals surface area contributed by atoms with Gasteiger partial charge in [0.25, 0.3) is 11.8 Å². The van der Waals surface area contributed by atoms with Crippen LogP contribution in [0.15, 0.2) is 22.4 Å². The molecule has 4 aromatic rings. The lowest BCUT2D eigenvalue weighted by molar-refractivity contribution is 0.0915. The summed E-state index contributed by atoms with van der Waals surface area (Å²) in [6, 6.07) is 3.81. The first kappa shape index (κ1) is 33.6. The van der Waals surface area contributed by atoms with Crippen molar-refractivity contribution in [3.63, 3.8) is 0 Å². The minimum absolute atomic E-state index is 0.0622. The van der Waals surface area contributed by atoms with Crippen LogP contribution in [0.2, 0.25) is 0 Å². The second-order valence-electron chi connectivity index (χ2n) is 11.1. The Morgan fingerprint density at radius 1 is 0.636 bits per heavy atom. The van der Waals surface area contributed by atoms with Crippen LogP contribution in [0, 0.1) is 27.7 Å². The van der Waals surface area contributed by atoms with E-state index >= 15 is 0 Å². The van der Waals surface area contributed by atoms with Gasteiger partial charge in [-0.05, 0) is 65.5 Å². The summed E-state index contributed by atoms with van der Waals surface area (Å²) in [5.74, 6) is 2.29. The summed E-state index contributed by atoms with van der Waals surface area (Å²) in [7, 11) is 0. The van der Waals surface area contributed by atoms with E-state index in [4.69, 9.17) is 0 Å². The summed E-state index contributed by atoms with van der Waals surface area (Å²) in [4.78, 5) is 25.5. The Labute approximate surface area is 267 Å². The second kappa shape index (κ2) is 16.2. The van der Waals surface area contributed by atoms with Crippen LogP contribution < -0.4 is 0 Å². The van der Waals surface area contributed by atoms with Crippen LogP contribution >= 0.6 is 23.5 Å². The van der Waals surface area contributed by atoms with Crippen LogP contribution in [0.5, 0.6) is 0 Å². The van der Waals surface area contributed by atoms with E-state index in [0.29, 0.717) is 0 Å². The molecule has 4 aromatic heterocycles. The van der Waals surface area contributed by atoms with Crippen LogP contribution in [0.1, 0.15) is 96.4 Å². The molecule has 4 heterocycles. The molecule has 238 valence electrons. The van der Waals surface area contributed by atoms with E-state index in [1.807, 2.05) is 39.8 Å². The van der Waals surface area contributed by atoms with E-state index in [1.165, 1.54) is 32.9 Å². The number of aryl methyl sites for hydroxylation is 6. The van der Waals surface area contributed by atoms with Gasteiger partial charge < -0.3 is 9.13 Å². The van der Waals surface area contributed by atoms with Gasteiger partial charge in [0.2, 0.25) is 0 Å². The molecule has 0 radical (unpaired) electrons. The van der Waals surface area contributed by atoms with E-state index in [0.717, 1.165) is 109 Å². The van der Waals surface area contributed by atoms with Gasteiger partial charge in [-0.3, -0.25) is 9.59 Å². The topological polar surface area (TPSA) is 131 Å². The maximum absolute atomic E-state index is 12.8. The Morgan fingerprint density at radius 3 is 1.39 bits per heavy atom. The number of aromatic nitrogens is 10. The number of hydrogen-bond acceptors (Lipinski definition) is 10. The Hall–Kier alpha value is -3.26. The molecule has 4 rings (SSSR count). The molecule has 0 aliphatic heterocycles. The fourth-order valence-corrected chi connectivity index (χ4v) is 6.66. The van der Waals surface area contributed by atoms with Gasteiger partial charge in [-0.1, -0.05) is 50.2 Å². The maximum atomic E-state index is 12.8. The number of carbonyl (C=O) groups is 2. The minimum Gasteiger partial charge on any atom is -0.306 e. The molecule has 0 aliphatic carbocycles. The molecule has 14 heteroatoms. The van der Waals surface area contributed by atoms with Gasteiger partial charge in [0.15, 0.2) is 10.3 Å². The van der Waals surface area contributed by atoms with Crippen LogP contribution in [0.4, 0.5) is 0 Å². The lowest BCUT2D eigenvalue weighted by atomic mass is 10.1. The predicted octanol–water partition coefficient (Wildman–Crippen LogP) is 5.53. The summed E-state index contributed by atoms with van der Waals surface area (Å²) in [6.07, 6.45) is 7.62. The summed E-state index contributed by atoms with van der Waals surface area (Å²) in [6.45, 7) is 13.6. The van der Waals surface area contributed by atoms with Crippen molar-refractivity contribution in [2.45, 2.75) is 116 Å². The fourth-order valence-electron chi connectivity index (χ4n) is 5.01. The SMILES string of the molecule is CCCCn1c(CCCCc2nnc(SCC(=O)n3nc(C)cc3C)n2CCCC)nnc1SCC(=O)n1nc(C)cc1C. The monoisotopic (exact) mass is 640 g/mol. The zero-order valence-corrected chi connectivity index (χ0v) is 28.4. The van der Waals surface area contributed by atoms with E-state index in [9.17, 15) is 9.59 Å². The molecule has 12 nitrogen and oxygen atoms in total. The second-order valence-corrected chi connectivity index (χ2v) is 12.9. The summed E-state index contributed by atoms with van der Waals surface area (Å²) < 4.78 is 7.28. The lowest BCUT2D eigenvalue weighted by Gasteiger charge is -2.11. The Balaban J connectivity index is 1.34. The van der Waals surface area contributed by atoms with Gasteiger partial charge in [-0.15, -0.1) is 20.4 Å². The minimum atomic E-state index is -0.0622. The van der Waals surface area contributed by atoms with Gasteiger partial charge in [-0.25, -0.2) is 9.36 Å². The summed E-state index contributed by atoms with van der Waals surface area (Å²) in [5.41, 5.74) is 3.34. The molecule has 0 amide bonds. The van der Waals surface area contributed by atoms with Crippen molar-refractivity contribution >= 4 is 35.3 Å². The standard InChI is InChI=1S/C30H44N10O2S2/c1-7-9-15-37-25(31-33-29(37)43-19-27(41)39-23(5)17-21(3)35-39)13-11-12-14-26-32-34-30(38(26)16-10-8-2)44-20-28(42)40-24(6)18-22(4)36-40/h17-18H,7-16,19-20H2,1-6H3. The third kappa shape index (κ3) is 8.68. The van der Waals surface area contributed by atoms with E-state index in [1.54, 1.807) is 0 Å². The highest BCUT2D eigenvalue weighted by Gasteiger charge is 2.18. The third-order valence-corrected chi connectivity index (χ3v) is 9.15. The molecule has 0 saturated heterocycles. The smallest absolute Gasteiger partial charge is 0.257 e. The molecule has 0 fully saturated rings. The number of thioether (sulfide) groups is 2. The van der Waals surface area contributed by atoms with Gasteiger partial charge in [-0.2, -0.15) is 10.2 Å². The lowest BCUT2D eigenvalue weighted by Crippen LogP contribution is -2.17. The number of unbranched alkanes of at least 4 members (excludes halogenated alkanes) is 3. The summed E-state index contributed by atoms with van der Waals surface area (Å²) >= 11 is 2.84. The Bertz CT molecular complexity index is 1440. The zero-order valence-electron chi connectivity index (χ0n) is 26.7. The molecule has 44 heavy (non-hydrogen) atoms. The largest absolute Gasteiger partial charge is 0.306 e. The van der Waals surface area contributed by atoms with Crippen molar-refractivity contribution in [1.29, 1.82) is 0 Å². The van der Waals surface area contributed by atoms with E-state index in [-0.39, 0.29) is 23.3 Å². The Morgan fingerprint density at radius 2 is 1.05 bits per heavy atom. The average Bonchev–Trinajstić information content (AvgIpc) is 3.75. The van der Waals surface area contributed by atoms with Gasteiger partial charge in [0, 0.05) is 37.3 Å². The van der Waals surface area contributed by atoms with Gasteiger partial charge >= 0.3 is 0 Å². The van der Waals surface area contributed by atoms with Crippen LogP contribution in [0.25, 0.3) is 0 Å². The number of carbonyl (C=O) groups excluding carboxylic acids is 2. The molecular weight excluding hydrogens is 597 g/mol. The third-order valence-electron chi connectivity index (χ3n) is 7.25. The first-order valence-electron chi connectivity index (χ1n) is 15.4. The van der Waals surface area contributed by atoms with E-state index < -0.39 is 0 Å². The highest BCUT2D eigenvalue weighted by Crippen LogP contribution is 2.22. The highest BCUT2D eigenvalue weighted by molar-refractivity contribution is 8.00. The molecule has 0 bridgehead atoms. The molecule has 0 aliphatic rings. The van der Waals surface area contributed by atoms with Crippen LogP contribution in [0.3, 0.4) is 0 Å². The quantitative estimate of drug-likeness (QED) is 0.107. The van der Waals surface area contributed by atoms with Crippen molar-refractivity contribution < 1.29 is 9.59 Å². The van der Waals surface area contributed by atoms with Crippen molar-refractivity contribution in [2.75, 3.05) is 11.5 Å². The molecule has 0 unspecified atom stereocenters. The normalized spacial score (nSPS) is 11.5. The maximum Gasteiger partial charge on any atom is 0.257 e. The van der Waals surface area contributed by atoms with Crippen molar-refractivity contribution in [3.05, 3.63) is 46.6 Å². The molecule has 0 spiro atoms. The number of nitrogens with zero attached hydrogens (tertiary/aromatic N) is 10. The predicted molar refractivity (Wildman–Crippen MR) is 173 cm³/mol. The van der Waals surface area contributed by atoms with E-state index in [2.05, 4.69) is 53.6 Å². The van der Waals surface area contributed by atoms with Gasteiger partial charge in [0.05, 0.1) is 22.9 Å². The Kier molecular flexibility index (Phi) is 12.4. The highest BCUT2D eigenvalue weighted by atomic mass is 32.2. The molecule has 0 aromatic carbocycles. The number of rotatable bonds is 17. The fraction of sp³-hybridized carbons (Fsp3) is 0.600. The molecule has 0 saturated carbocycles. The molecule has 0 atom stereocenters. The average molecular weight is 641 g/mol. The molecule has 0 N–H and O–H groups in total. The summed E-state index contributed by atoms with van der Waals surface area (Å²) in [5, 5.41) is 28.1. The van der Waals surface area contributed by atoms with Crippen molar-refractivity contribution in [2.24, 2.45) is 0 Å². The van der Waals surface area contributed by atoms with Crippen molar-refractivity contribution in [1.82, 2.24) is 49.1 Å². The van der Waals surface area contributed by atoms with Gasteiger partial charge in [0.1, 0.15) is 11.6 Å². The molecular formula is C30H44N10O2S2. The van der Waals surface area contributed by atoms with Crippen LogP contribution in [-0.2, 0) is 25.9 Å². The first-order valence-corrected chi connectivity index (χ1v) is 17.4. The van der Waals surface area contributed by atoms with Crippen LogP contribution in [-0.4, -0.2) is 72.4 Å². The zero-order chi connectivity index (χ0) is 31.6. The number of hydrogen-bond donors (Lipinski definition) is 0. The first-order chi connectivity index (χ1) is 21.2.